The van der Waals surface area contributed by atoms with E-state index >= 15 is 0 Å². The second-order valence-corrected chi connectivity index (χ2v) is 11.6. The lowest BCUT2D eigenvalue weighted by molar-refractivity contribution is 0.102. The largest absolute Gasteiger partial charge is 0.322 e. The highest BCUT2D eigenvalue weighted by Gasteiger charge is 2.18. The number of benzene rings is 3. The second kappa shape index (κ2) is 10.5. The molecule has 0 fully saturated rings. The third-order valence-corrected chi connectivity index (χ3v) is 8.00. The Morgan fingerprint density at radius 3 is 2.20 bits per heavy atom. The zero-order chi connectivity index (χ0) is 25.8. The van der Waals surface area contributed by atoms with Gasteiger partial charge in [0.15, 0.2) is 0 Å². The molecular weight excluding hydrogens is 510 g/mol. The number of nitrogens with zero attached hydrogens (tertiary/aromatic N) is 1. The summed E-state index contributed by atoms with van der Waals surface area (Å²) in [4.78, 5) is 12.6. The average Bonchev–Trinajstić information content (AvgIpc) is 2.80. The minimum absolute atomic E-state index is 0.0160. The molecule has 0 aromatic heterocycles. The van der Waals surface area contributed by atoms with Gasteiger partial charge in [0.05, 0.1) is 29.1 Å². The van der Waals surface area contributed by atoms with Crippen molar-refractivity contribution in [3.05, 3.63) is 95.5 Å². The van der Waals surface area contributed by atoms with E-state index in [0.29, 0.717) is 33.2 Å². The van der Waals surface area contributed by atoms with Crippen molar-refractivity contribution in [2.75, 3.05) is 27.1 Å². The molecule has 0 saturated heterocycles. The molecular formula is C24H24ClN3O5S2. The fraction of sp³-hybridized carbons (Fsp3) is 0.125. The maximum absolute atomic E-state index is 12.7. The number of anilines is 3. The van der Waals surface area contributed by atoms with E-state index in [1.54, 1.807) is 25.1 Å². The smallest absolute Gasteiger partial charge is 0.261 e. The van der Waals surface area contributed by atoms with Gasteiger partial charge in [0.1, 0.15) is 0 Å². The molecule has 0 spiro atoms. The van der Waals surface area contributed by atoms with Gasteiger partial charge in [-0.1, -0.05) is 23.7 Å². The summed E-state index contributed by atoms with van der Waals surface area (Å²) >= 11 is 6.06. The Hall–Kier alpha value is -3.34. The number of nitrogens with one attached hydrogen (secondary N) is 2. The predicted octanol–water partition coefficient (Wildman–Crippen LogP) is 4.65. The summed E-state index contributed by atoms with van der Waals surface area (Å²) in [5, 5.41) is 3.13. The van der Waals surface area contributed by atoms with E-state index in [1.165, 1.54) is 58.9 Å². The van der Waals surface area contributed by atoms with Crippen LogP contribution in [0.1, 0.15) is 15.9 Å². The molecule has 0 radical (unpaired) electrons. The Morgan fingerprint density at radius 2 is 1.63 bits per heavy atom. The van der Waals surface area contributed by atoms with Crippen LogP contribution in [-0.4, -0.2) is 35.5 Å². The molecule has 8 nitrogen and oxygen atoms in total. The van der Waals surface area contributed by atoms with E-state index in [2.05, 4.69) is 16.6 Å². The van der Waals surface area contributed by atoms with Gasteiger partial charge >= 0.3 is 0 Å². The van der Waals surface area contributed by atoms with Crippen molar-refractivity contribution >= 4 is 54.6 Å². The normalized spacial score (nSPS) is 11.5. The molecule has 0 atom stereocenters. The lowest BCUT2D eigenvalue weighted by Gasteiger charge is -2.20. The molecule has 0 unspecified atom stereocenters. The molecule has 2 N–H and O–H groups in total. The van der Waals surface area contributed by atoms with Crippen LogP contribution in [0.4, 0.5) is 17.1 Å². The van der Waals surface area contributed by atoms with Gasteiger partial charge in [-0.05, 0) is 73.2 Å². The van der Waals surface area contributed by atoms with E-state index in [0.717, 1.165) is 6.26 Å². The number of hydrogen-bond acceptors (Lipinski definition) is 5. The van der Waals surface area contributed by atoms with Crippen LogP contribution < -0.4 is 14.3 Å². The predicted molar refractivity (Wildman–Crippen MR) is 140 cm³/mol. The first-order chi connectivity index (χ1) is 16.4. The van der Waals surface area contributed by atoms with Gasteiger partial charge in [0, 0.05) is 16.3 Å². The molecule has 3 aromatic rings. The van der Waals surface area contributed by atoms with Crippen LogP contribution in [0.2, 0.25) is 5.02 Å². The first kappa shape index (κ1) is 26.3. The van der Waals surface area contributed by atoms with Gasteiger partial charge in [-0.15, -0.1) is 6.58 Å². The Morgan fingerprint density at radius 1 is 1.00 bits per heavy atom. The number of amides is 1. The lowest BCUT2D eigenvalue weighted by atomic mass is 10.2. The molecule has 0 bridgehead atoms. The molecule has 35 heavy (non-hydrogen) atoms. The summed E-state index contributed by atoms with van der Waals surface area (Å²) in [6, 6.07) is 16.7. The minimum atomic E-state index is -3.86. The van der Waals surface area contributed by atoms with Crippen molar-refractivity contribution < 1.29 is 21.6 Å². The summed E-state index contributed by atoms with van der Waals surface area (Å²) in [6.07, 6.45) is 2.56. The van der Waals surface area contributed by atoms with Gasteiger partial charge in [0.25, 0.3) is 15.9 Å². The molecule has 0 aliphatic rings. The Kier molecular flexibility index (Phi) is 7.89. The molecule has 11 heteroatoms. The fourth-order valence-corrected chi connectivity index (χ4v) is 5.35. The molecule has 3 rings (SSSR count). The van der Waals surface area contributed by atoms with E-state index in [4.69, 9.17) is 11.6 Å². The molecule has 0 aliphatic carbocycles. The standard InChI is InChI=1S/C24H24ClN3O5S2/c1-4-16-28(34(3,30)31)20-12-8-18(9-13-20)24(29)26-19-10-14-21(15-11-19)35(32,33)27-23-7-5-6-22(25)17(23)2/h4-15,27H,1,16H2,2-3H3,(H,26,29). The summed E-state index contributed by atoms with van der Waals surface area (Å²) in [7, 11) is -7.36. The molecule has 3 aromatic carbocycles. The van der Waals surface area contributed by atoms with E-state index in [1.807, 2.05) is 0 Å². The van der Waals surface area contributed by atoms with Crippen molar-refractivity contribution in [3.63, 3.8) is 0 Å². The monoisotopic (exact) mass is 533 g/mol. The third-order valence-electron chi connectivity index (χ3n) is 5.05. The van der Waals surface area contributed by atoms with E-state index < -0.39 is 26.0 Å². The highest BCUT2D eigenvalue weighted by Crippen LogP contribution is 2.26. The quantitative estimate of drug-likeness (QED) is 0.389. The summed E-state index contributed by atoms with van der Waals surface area (Å²) in [5.74, 6) is -0.436. The van der Waals surface area contributed by atoms with Crippen LogP contribution in [0.5, 0.6) is 0 Å². The van der Waals surface area contributed by atoms with Gasteiger partial charge in [0.2, 0.25) is 10.0 Å². The van der Waals surface area contributed by atoms with Gasteiger partial charge < -0.3 is 5.32 Å². The lowest BCUT2D eigenvalue weighted by Crippen LogP contribution is -2.29. The second-order valence-electron chi connectivity index (χ2n) is 7.63. The van der Waals surface area contributed by atoms with E-state index in [9.17, 15) is 21.6 Å². The number of rotatable bonds is 9. The Bertz CT molecular complexity index is 1450. The van der Waals surface area contributed by atoms with Crippen LogP contribution in [-0.2, 0) is 20.0 Å². The number of sulfonamides is 2. The maximum atomic E-state index is 12.7. The van der Waals surface area contributed by atoms with Crippen molar-refractivity contribution in [3.8, 4) is 0 Å². The fourth-order valence-electron chi connectivity index (χ4n) is 3.17. The van der Waals surface area contributed by atoms with Crippen molar-refractivity contribution in [1.29, 1.82) is 0 Å². The number of hydrogen-bond donors (Lipinski definition) is 2. The maximum Gasteiger partial charge on any atom is 0.261 e. The number of halogens is 1. The number of carbonyl (C=O) groups is 1. The first-order valence-electron chi connectivity index (χ1n) is 10.3. The van der Waals surface area contributed by atoms with Gasteiger partial charge in [-0.3, -0.25) is 13.8 Å². The topological polar surface area (TPSA) is 113 Å². The van der Waals surface area contributed by atoms with Gasteiger partial charge in [-0.25, -0.2) is 16.8 Å². The zero-order valence-electron chi connectivity index (χ0n) is 19.0. The van der Waals surface area contributed by atoms with Crippen LogP contribution >= 0.6 is 11.6 Å². The van der Waals surface area contributed by atoms with Gasteiger partial charge in [-0.2, -0.15) is 0 Å². The molecule has 0 aliphatic heterocycles. The number of carbonyl (C=O) groups excluding carboxylic acids is 1. The molecule has 1 amide bonds. The average molecular weight is 534 g/mol. The summed E-state index contributed by atoms with van der Waals surface area (Å²) in [5.41, 5.74) is 2.08. The Labute approximate surface area is 210 Å². The van der Waals surface area contributed by atoms with Crippen LogP contribution in [0.25, 0.3) is 0 Å². The molecule has 0 saturated carbocycles. The molecule has 184 valence electrons. The summed E-state index contributed by atoms with van der Waals surface area (Å²) in [6.45, 7) is 5.38. The first-order valence-corrected chi connectivity index (χ1v) is 14.0. The van der Waals surface area contributed by atoms with Crippen LogP contribution in [0.15, 0.2) is 84.3 Å². The highest BCUT2D eigenvalue weighted by molar-refractivity contribution is 7.92. The van der Waals surface area contributed by atoms with E-state index in [-0.39, 0.29) is 11.4 Å². The third kappa shape index (κ3) is 6.41. The minimum Gasteiger partial charge on any atom is -0.322 e. The van der Waals surface area contributed by atoms with Crippen molar-refractivity contribution in [1.82, 2.24) is 0 Å². The van der Waals surface area contributed by atoms with Crippen LogP contribution in [0.3, 0.4) is 0 Å². The summed E-state index contributed by atoms with van der Waals surface area (Å²) < 4.78 is 53.1. The Balaban J connectivity index is 1.72. The molecule has 0 heterocycles. The zero-order valence-corrected chi connectivity index (χ0v) is 21.4. The SMILES string of the molecule is C=CCN(c1ccc(C(=O)Nc2ccc(S(=O)(=O)Nc3cccc(Cl)c3C)cc2)cc1)S(C)(=O)=O. The highest BCUT2D eigenvalue weighted by atomic mass is 35.5. The van der Waals surface area contributed by atoms with Crippen molar-refractivity contribution in [2.24, 2.45) is 0 Å². The van der Waals surface area contributed by atoms with Crippen LogP contribution in [0, 0.1) is 6.92 Å². The van der Waals surface area contributed by atoms with Crippen molar-refractivity contribution in [2.45, 2.75) is 11.8 Å².